The molecule has 296 valence electrons. The molecular formula is C40H49ClN4O10. The molecule has 0 radical (unpaired) electrons. The van der Waals surface area contributed by atoms with Gasteiger partial charge in [-0.1, -0.05) is 94.0 Å². The number of aromatic nitrogens is 1. The number of esters is 1. The van der Waals surface area contributed by atoms with Crippen LogP contribution >= 0.6 is 11.6 Å². The summed E-state index contributed by atoms with van der Waals surface area (Å²) >= 11 is 5.32. The summed E-state index contributed by atoms with van der Waals surface area (Å²) in [6, 6.07) is 16.6. The number of amides is 1. The average Bonchev–Trinajstić information content (AvgIpc) is 3.19. The number of halogens is 1. The number of rotatable bonds is 8. The van der Waals surface area contributed by atoms with Gasteiger partial charge in [-0.25, -0.2) is 4.79 Å². The smallest absolute Gasteiger partial charge is 0.378 e. The number of ether oxygens (including phenoxy) is 1. The van der Waals surface area contributed by atoms with Crippen molar-refractivity contribution in [2.75, 3.05) is 13.2 Å². The zero-order valence-corrected chi connectivity index (χ0v) is 32.0. The number of carbonyl (C=O) groups is 3. The van der Waals surface area contributed by atoms with Crippen LogP contribution in [0.25, 0.3) is 16.8 Å². The second-order valence-corrected chi connectivity index (χ2v) is 13.3. The first-order valence-corrected chi connectivity index (χ1v) is 18.8. The number of hydrogen-bond acceptors (Lipinski definition) is 11. The predicted molar refractivity (Wildman–Crippen MR) is 205 cm³/mol. The molecule has 2 saturated carbocycles. The van der Waals surface area contributed by atoms with Gasteiger partial charge in [-0.15, -0.1) is 0 Å². The minimum absolute atomic E-state index is 0.000391. The van der Waals surface area contributed by atoms with Gasteiger partial charge in [-0.05, 0) is 78.2 Å². The highest BCUT2D eigenvalue weighted by Crippen LogP contribution is 2.38. The highest BCUT2D eigenvalue weighted by atomic mass is 35.5. The lowest BCUT2D eigenvalue weighted by Crippen LogP contribution is -2.44. The first kappa shape index (κ1) is 45.8. The Morgan fingerprint density at radius 1 is 0.873 bits per heavy atom. The molecule has 0 bridgehead atoms. The van der Waals surface area contributed by atoms with Crippen molar-refractivity contribution in [3.63, 3.8) is 0 Å². The van der Waals surface area contributed by atoms with E-state index in [2.05, 4.69) is 21.9 Å². The molecule has 15 heteroatoms. The van der Waals surface area contributed by atoms with Crippen molar-refractivity contribution in [1.29, 1.82) is 0 Å². The lowest BCUT2D eigenvalue weighted by atomic mass is 9.85. The average molecular weight is 781 g/mol. The van der Waals surface area contributed by atoms with E-state index in [0.717, 1.165) is 49.7 Å². The predicted octanol–water partition coefficient (Wildman–Crippen LogP) is 7.99. The van der Waals surface area contributed by atoms with Gasteiger partial charge in [0, 0.05) is 46.7 Å². The quantitative estimate of drug-likeness (QED) is 0.0929. The summed E-state index contributed by atoms with van der Waals surface area (Å²) in [5.74, 6) is -0.561. The van der Waals surface area contributed by atoms with Crippen LogP contribution in [-0.4, -0.2) is 62.2 Å². The molecule has 3 aromatic rings. The first-order valence-electron chi connectivity index (χ1n) is 18.5. The number of fused-ring (bicyclic) bond motifs is 2. The molecule has 2 atom stereocenters. The Kier molecular flexibility index (Phi) is 21.4. The normalized spacial score (nSPS) is 16.6. The number of benzene rings is 2. The number of nitro groups is 2. The van der Waals surface area contributed by atoms with Crippen LogP contribution in [0.3, 0.4) is 0 Å². The molecule has 2 fully saturated rings. The fourth-order valence-corrected chi connectivity index (χ4v) is 6.87. The van der Waals surface area contributed by atoms with Crippen LogP contribution in [0.1, 0.15) is 102 Å². The van der Waals surface area contributed by atoms with E-state index < -0.39 is 29.5 Å². The van der Waals surface area contributed by atoms with E-state index in [4.69, 9.17) is 21.2 Å². The molecule has 1 aromatic heterocycles. The third-order valence-electron chi connectivity index (χ3n) is 9.33. The van der Waals surface area contributed by atoms with Crippen molar-refractivity contribution in [3.05, 3.63) is 105 Å². The molecular weight excluding hydrogens is 732 g/mol. The van der Waals surface area contributed by atoms with E-state index in [1.54, 1.807) is 18.0 Å². The standard InChI is InChI=1S/C19H24N2O3.C9H7N.C7H11ClO.C4H7NO4.CO2/c1-2-17(21(23)24)18-16-11-7-6-8-14(16)12-13-20(18)19(22)15-9-4-3-5-10-15;1-2-4-9-7-10-6-5-8(9)3-1;8-7(9)6-4-2-1-3-5-6;1-2-9-4(6)3-5(7)8;2-1-3/h6-8,11-13,15,17-18H,2-5,9-10H2,1H3;1-7H;6H,1-5H2;2-3H2,1H3;. The van der Waals surface area contributed by atoms with Crippen LogP contribution < -0.4 is 0 Å². The van der Waals surface area contributed by atoms with Crippen molar-refractivity contribution < 1.29 is 38.6 Å². The SMILES string of the molecule is CCC(C1c2ccccc2C=CN1C(=O)C1CCCCC1)[N+](=O)[O-].CCOC(=O)C[N+](=O)[O-].O=C(Cl)C1CCCCC1.O=C=O.c1ccc2cnccc2c1. The second-order valence-electron chi connectivity index (χ2n) is 13.0. The van der Waals surface area contributed by atoms with Crippen LogP contribution in [-0.2, 0) is 28.7 Å². The molecule has 55 heavy (non-hydrogen) atoms. The molecule has 6 rings (SSSR count). The van der Waals surface area contributed by atoms with E-state index in [9.17, 15) is 34.6 Å². The maximum atomic E-state index is 13.1. The Balaban J connectivity index is 0.000000278. The molecule has 0 saturated heterocycles. The van der Waals surface area contributed by atoms with Gasteiger partial charge in [-0.3, -0.25) is 34.8 Å². The minimum Gasteiger partial charge on any atom is -0.461 e. The van der Waals surface area contributed by atoms with Crippen LogP contribution in [0.2, 0.25) is 0 Å². The van der Waals surface area contributed by atoms with Crippen molar-refractivity contribution >= 4 is 51.7 Å². The fourth-order valence-electron chi connectivity index (χ4n) is 6.65. The van der Waals surface area contributed by atoms with Gasteiger partial charge in [0.1, 0.15) is 6.04 Å². The number of carbonyl (C=O) groups excluding carboxylic acids is 5. The highest BCUT2D eigenvalue weighted by molar-refractivity contribution is 6.63. The molecule has 14 nitrogen and oxygen atoms in total. The molecule has 0 N–H and O–H groups in total. The number of pyridine rings is 1. The van der Waals surface area contributed by atoms with Crippen LogP contribution in [0, 0.1) is 32.1 Å². The molecule has 2 aromatic carbocycles. The van der Waals surface area contributed by atoms with Gasteiger partial charge >= 0.3 is 12.1 Å². The summed E-state index contributed by atoms with van der Waals surface area (Å²) in [5.41, 5.74) is 1.85. The van der Waals surface area contributed by atoms with Gasteiger partial charge in [0.2, 0.25) is 17.2 Å². The lowest BCUT2D eigenvalue weighted by Gasteiger charge is -2.37. The highest BCUT2D eigenvalue weighted by Gasteiger charge is 2.41. The summed E-state index contributed by atoms with van der Waals surface area (Å²) in [5, 5.41) is 23.5. The molecule has 1 amide bonds. The van der Waals surface area contributed by atoms with Gasteiger partial charge in [0.05, 0.1) is 6.61 Å². The third kappa shape index (κ3) is 15.9. The summed E-state index contributed by atoms with van der Waals surface area (Å²) in [6.45, 7) is 2.86. The maximum Gasteiger partial charge on any atom is 0.378 e. The summed E-state index contributed by atoms with van der Waals surface area (Å²) in [7, 11) is 0. The Bertz CT molecular complexity index is 1690. The Hall–Kier alpha value is -5.33. The summed E-state index contributed by atoms with van der Waals surface area (Å²) in [4.78, 5) is 76.0. The Labute approximate surface area is 325 Å². The summed E-state index contributed by atoms with van der Waals surface area (Å²) in [6.07, 6.45) is 18.8. The van der Waals surface area contributed by atoms with Gasteiger partial charge in [0.15, 0.2) is 0 Å². The van der Waals surface area contributed by atoms with Gasteiger partial charge in [-0.2, -0.15) is 9.59 Å². The van der Waals surface area contributed by atoms with Crippen molar-refractivity contribution in [3.8, 4) is 0 Å². The maximum absolute atomic E-state index is 13.1. The molecule has 2 aliphatic carbocycles. The first-order chi connectivity index (χ1) is 26.5. The van der Waals surface area contributed by atoms with Gasteiger partial charge in [0.25, 0.3) is 6.54 Å². The Morgan fingerprint density at radius 3 is 1.95 bits per heavy atom. The van der Waals surface area contributed by atoms with E-state index in [1.807, 2.05) is 67.9 Å². The zero-order chi connectivity index (χ0) is 40.6. The van der Waals surface area contributed by atoms with Crippen molar-refractivity contribution in [1.82, 2.24) is 9.88 Å². The zero-order valence-electron chi connectivity index (χ0n) is 31.3. The lowest BCUT2D eigenvalue weighted by molar-refractivity contribution is -0.531. The number of hydrogen-bond donors (Lipinski definition) is 0. The van der Waals surface area contributed by atoms with E-state index in [-0.39, 0.29) is 40.7 Å². The fraction of sp³-hybridized carbons (Fsp3) is 0.475. The molecule has 1 aliphatic heterocycles. The molecule has 0 spiro atoms. The summed E-state index contributed by atoms with van der Waals surface area (Å²) < 4.78 is 4.27. The third-order valence-corrected chi connectivity index (χ3v) is 9.64. The number of nitrogens with zero attached hydrogens (tertiary/aromatic N) is 4. The van der Waals surface area contributed by atoms with Gasteiger partial charge < -0.3 is 9.64 Å². The largest absolute Gasteiger partial charge is 0.461 e. The monoisotopic (exact) mass is 780 g/mol. The Morgan fingerprint density at radius 2 is 1.44 bits per heavy atom. The minimum atomic E-state index is -0.789. The van der Waals surface area contributed by atoms with Crippen LogP contribution in [0.4, 0.5) is 0 Å². The molecule has 2 heterocycles. The van der Waals surface area contributed by atoms with E-state index in [1.165, 1.54) is 36.5 Å². The van der Waals surface area contributed by atoms with E-state index >= 15 is 0 Å². The topological polar surface area (TPSA) is 197 Å². The van der Waals surface area contributed by atoms with Crippen LogP contribution in [0.15, 0.2) is 73.2 Å². The van der Waals surface area contributed by atoms with E-state index in [0.29, 0.717) is 6.42 Å². The second kappa shape index (κ2) is 25.6. The molecule has 3 aliphatic rings. The van der Waals surface area contributed by atoms with Crippen molar-refractivity contribution in [2.24, 2.45) is 11.8 Å². The van der Waals surface area contributed by atoms with Crippen molar-refractivity contribution in [2.45, 2.75) is 96.6 Å². The van der Waals surface area contributed by atoms with Crippen LogP contribution in [0.5, 0.6) is 0 Å². The molecule has 2 unspecified atom stereocenters.